The summed E-state index contributed by atoms with van der Waals surface area (Å²) >= 11 is 4.85. The van der Waals surface area contributed by atoms with Gasteiger partial charge in [-0.3, -0.25) is 9.69 Å². The fraction of sp³-hybridized carbons (Fsp3) is 0.778. The summed E-state index contributed by atoms with van der Waals surface area (Å²) in [7, 11) is 3.53. The Morgan fingerprint density at radius 2 is 2.21 bits per heavy atom. The Morgan fingerprint density at radius 1 is 1.64 bits per heavy atom. The van der Waals surface area contributed by atoms with Crippen molar-refractivity contribution in [3.63, 3.8) is 0 Å². The summed E-state index contributed by atoms with van der Waals surface area (Å²) in [6, 6.07) is 0.254. The van der Waals surface area contributed by atoms with Crippen LogP contribution in [-0.2, 0) is 4.79 Å². The maximum atomic E-state index is 11.1. The molecule has 5 heteroatoms. The Morgan fingerprint density at radius 3 is 2.57 bits per heavy atom. The molecule has 3 N–H and O–H groups in total. The highest BCUT2D eigenvalue weighted by atomic mass is 32.1. The molecule has 0 radical (unpaired) electrons. The first-order chi connectivity index (χ1) is 6.51. The van der Waals surface area contributed by atoms with Gasteiger partial charge in [0.25, 0.3) is 0 Å². The Labute approximate surface area is 90.8 Å². The second kappa shape index (κ2) is 6.73. The van der Waals surface area contributed by atoms with Gasteiger partial charge in [-0.25, -0.2) is 0 Å². The normalized spacial score (nSPS) is 12.6. The predicted molar refractivity (Wildman–Crippen MR) is 62.2 cm³/mol. The van der Waals surface area contributed by atoms with Crippen LogP contribution in [0.5, 0.6) is 0 Å². The Bertz CT molecular complexity index is 208. The monoisotopic (exact) mass is 217 g/mol. The number of carbonyl (C=O) groups is 1. The van der Waals surface area contributed by atoms with Crippen LogP contribution in [0.1, 0.15) is 19.8 Å². The van der Waals surface area contributed by atoms with Crippen molar-refractivity contribution < 1.29 is 4.79 Å². The van der Waals surface area contributed by atoms with E-state index >= 15 is 0 Å². The summed E-state index contributed by atoms with van der Waals surface area (Å²) in [6.07, 6.45) is 1.60. The van der Waals surface area contributed by atoms with Gasteiger partial charge in [0.15, 0.2) is 0 Å². The van der Waals surface area contributed by atoms with Crippen molar-refractivity contribution in [2.45, 2.75) is 25.8 Å². The highest BCUT2D eigenvalue weighted by Gasteiger charge is 2.15. The van der Waals surface area contributed by atoms with Gasteiger partial charge in [0.1, 0.15) is 0 Å². The molecule has 14 heavy (non-hydrogen) atoms. The van der Waals surface area contributed by atoms with Gasteiger partial charge in [-0.05, 0) is 13.5 Å². The molecule has 0 fully saturated rings. The Balaban J connectivity index is 4.09. The van der Waals surface area contributed by atoms with Gasteiger partial charge in [-0.15, -0.1) is 0 Å². The molecule has 0 aliphatic rings. The van der Waals surface area contributed by atoms with E-state index in [9.17, 15) is 4.79 Å². The van der Waals surface area contributed by atoms with Crippen molar-refractivity contribution in [2.24, 2.45) is 5.73 Å². The van der Waals surface area contributed by atoms with E-state index in [1.54, 1.807) is 7.05 Å². The third kappa shape index (κ3) is 5.14. The summed E-state index contributed by atoms with van der Waals surface area (Å²) in [5.74, 6) is 0.00823. The number of rotatable bonds is 6. The maximum Gasteiger partial charge on any atom is 0.233 e. The van der Waals surface area contributed by atoms with E-state index in [2.05, 4.69) is 12.2 Å². The number of nitrogens with two attached hydrogens (primary N) is 1. The number of amides is 1. The van der Waals surface area contributed by atoms with Crippen LogP contribution in [0.4, 0.5) is 0 Å². The second-order valence-corrected chi connectivity index (χ2v) is 3.85. The first-order valence-electron chi connectivity index (χ1n) is 4.70. The van der Waals surface area contributed by atoms with E-state index in [0.29, 0.717) is 18.0 Å². The Hall–Kier alpha value is -0.680. The van der Waals surface area contributed by atoms with E-state index in [4.69, 9.17) is 18.0 Å². The number of nitrogens with zero attached hydrogens (tertiary/aromatic N) is 1. The van der Waals surface area contributed by atoms with Crippen molar-refractivity contribution >= 4 is 23.1 Å². The molecular weight excluding hydrogens is 198 g/mol. The summed E-state index contributed by atoms with van der Waals surface area (Å²) in [5, 5.41) is 2.58. The Kier molecular flexibility index (Phi) is 6.40. The number of thiocarbonyl (C=S) groups is 1. The molecule has 0 aliphatic heterocycles. The lowest BCUT2D eigenvalue weighted by Crippen LogP contribution is -2.40. The number of carbonyl (C=O) groups excluding carboxylic acids is 1. The molecule has 4 nitrogen and oxygen atoms in total. The molecule has 0 spiro atoms. The van der Waals surface area contributed by atoms with Gasteiger partial charge >= 0.3 is 0 Å². The fourth-order valence-electron chi connectivity index (χ4n) is 1.28. The fourth-order valence-corrected chi connectivity index (χ4v) is 1.47. The second-order valence-electron chi connectivity index (χ2n) is 3.32. The van der Waals surface area contributed by atoms with Crippen LogP contribution in [0.25, 0.3) is 0 Å². The van der Waals surface area contributed by atoms with E-state index in [1.807, 2.05) is 11.9 Å². The first-order valence-corrected chi connectivity index (χ1v) is 5.11. The molecular formula is C9H19N3OS. The number of hydrogen-bond acceptors (Lipinski definition) is 3. The number of hydrogen-bond donors (Lipinski definition) is 2. The van der Waals surface area contributed by atoms with Gasteiger partial charge < -0.3 is 11.1 Å². The van der Waals surface area contributed by atoms with Crippen LogP contribution in [0.15, 0.2) is 0 Å². The van der Waals surface area contributed by atoms with Gasteiger partial charge in [0, 0.05) is 19.5 Å². The van der Waals surface area contributed by atoms with Crippen LogP contribution in [-0.4, -0.2) is 42.5 Å². The minimum absolute atomic E-state index is 0.00823. The number of likely N-dealkylation sites (N-methyl/N-ethyl adjacent to an activating group) is 2. The zero-order valence-electron chi connectivity index (χ0n) is 9.04. The van der Waals surface area contributed by atoms with Crippen molar-refractivity contribution in [3.05, 3.63) is 0 Å². The molecule has 0 aromatic rings. The summed E-state index contributed by atoms with van der Waals surface area (Å²) in [4.78, 5) is 13.6. The molecule has 82 valence electrons. The van der Waals surface area contributed by atoms with E-state index < -0.39 is 0 Å². The lowest BCUT2D eigenvalue weighted by molar-refractivity contribution is -0.121. The number of nitrogens with one attached hydrogen (secondary N) is 1. The molecule has 0 bridgehead atoms. The zero-order chi connectivity index (χ0) is 11.1. The predicted octanol–water partition coefficient (Wildman–Crippen LogP) is 0.119. The average Bonchev–Trinajstić information content (AvgIpc) is 2.13. The third-order valence-corrected chi connectivity index (χ3v) is 2.37. The molecule has 0 heterocycles. The van der Waals surface area contributed by atoms with Crippen molar-refractivity contribution in [1.82, 2.24) is 10.2 Å². The molecule has 0 aliphatic carbocycles. The third-order valence-electron chi connectivity index (χ3n) is 2.20. The van der Waals surface area contributed by atoms with E-state index in [-0.39, 0.29) is 11.9 Å². The van der Waals surface area contributed by atoms with Crippen LogP contribution >= 0.6 is 12.2 Å². The molecule has 0 saturated heterocycles. The smallest absolute Gasteiger partial charge is 0.233 e. The highest BCUT2D eigenvalue weighted by Crippen LogP contribution is 2.06. The minimum Gasteiger partial charge on any atom is -0.393 e. The lowest BCUT2D eigenvalue weighted by atomic mass is 10.1. The molecule has 1 amide bonds. The molecule has 0 aromatic heterocycles. The van der Waals surface area contributed by atoms with Gasteiger partial charge in [-0.1, -0.05) is 19.1 Å². The highest BCUT2D eigenvalue weighted by molar-refractivity contribution is 7.80. The molecule has 0 aromatic carbocycles. The molecule has 0 saturated carbocycles. The van der Waals surface area contributed by atoms with E-state index in [0.717, 1.165) is 6.42 Å². The van der Waals surface area contributed by atoms with E-state index in [1.165, 1.54) is 0 Å². The van der Waals surface area contributed by atoms with Gasteiger partial charge in [0.2, 0.25) is 5.91 Å². The van der Waals surface area contributed by atoms with Crippen LogP contribution in [0, 0.1) is 0 Å². The van der Waals surface area contributed by atoms with Crippen LogP contribution in [0.3, 0.4) is 0 Å². The quantitative estimate of drug-likeness (QED) is 0.620. The van der Waals surface area contributed by atoms with Crippen LogP contribution in [0.2, 0.25) is 0 Å². The van der Waals surface area contributed by atoms with Crippen molar-refractivity contribution in [2.75, 3.05) is 20.6 Å². The minimum atomic E-state index is 0.00823. The summed E-state index contributed by atoms with van der Waals surface area (Å²) < 4.78 is 0. The SMILES string of the molecule is CCC(CC(N)=S)N(C)CC(=O)NC. The van der Waals surface area contributed by atoms with Gasteiger partial charge in [0.05, 0.1) is 11.5 Å². The van der Waals surface area contributed by atoms with Gasteiger partial charge in [-0.2, -0.15) is 0 Å². The van der Waals surface area contributed by atoms with Crippen LogP contribution < -0.4 is 11.1 Å². The topological polar surface area (TPSA) is 58.4 Å². The van der Waals surface area contributed by atoms with Crippen molar-refractivity contribution in [3.8, 4) is 0 Å². The average molecular weight is 217 g/mol. The molecule has 0 rings (SSSR count). The van der Waals surface area contributed by atoms with Crippen molar-refractivity contribution in [1.29, 1.82) is 0 Å². The maximum absolute atomic E-state index is 11.1. The standard InChI is InChI=1S/C9H19N3OS/c1-4-7(5-8(10)14)12(3)6-9(13)11-2/h7H,4-6H2,1-3H3,(H2,10,14)(H,11,13). The lowest BCUT2D eigenvalue weighted by Gasteiger charge is -2.25. The largest absolute Gasteiger partial charge is 0.393 e. The molecule has 1 atom stereocenters. The summed E-state index contributed by atoms with van der Waals surface area (Å²) in [5.41, 5.74) is 5.47. The summed E-state index contributed by atoms with van der Waals surface area (Å²) in [6.45, 7) is 2.45. The zero-order valence-corrected chi connectivity index (χ0v) is 9.86. The first kappa shape index (κ1) is 13.3. The molecule has 1 unspecified atom stereocenters.